The summed E-state index contributed by atoms with van der Waals surface area (Å²) in [4.78, 5) is 24.1. The number of aromatic amines is 1. The second-order valence-electron chi connectivity index (χ2n) is 8.23. The number of ether oxygens (including phenoxy) is 1. The van der Waals surface area contributed by atoms with E-state index in [-0.39, 0.29) is 17.9 Å². The Kier molecular flexibility index (Phi) is 5.60. The number of hydrogen-bond donors (Lipinski definition) is 3. The fourth-order valence-electron chi connectivity index (χ4n) is 3.92. The van der Waals surface area contributed by atoms with E-state index in [2.05, 4.69) is 30.7 Å². The summed E-state index contributed by atoms with van der Waals surface area (Å²) in [5, 5.41) is 10.2. The molecule has 3 N–H and O–H groups in total. The fraction of sp³-hybridized carbons (Fsp3) is 0.364. The van der Waals surface area contributed by atoms with E-state index in [0.717, 1.165) is 30.9 Å². The summed E-state index contributed by atoms with van der Waals surface area (Å²) < 4.78 is 45.4. The van der Waals surface area contributed by atoms with Gasteiger partial charge in [-0.05, 0) is 37.5 Å². The highest BCUT2D eigenvalue weighted by atomic mass is 19.4. The zero-order valence-electron chi connectivity index (χ0n) is 18.2. The van der Waals surface area contributed by atoms with Crippen molar-refractivity contribution in [2.45, 2.75) is 38.0 Å². The van der Waals surface area contributed by atoms with Gasteiger partial charge in [-0.3, -0.25) is 4.79 Å². The van der Waals surface area contributed by atoms with Gasteiger partial charge in [0.25, 0.3) is 5.91 Å². The molecule has 1 saturated heterocycles. The quantitative estimate of drug-likeness (QED) is 0.409. The molecule has 34 heavy (non-hydrogen) atoms. The van der Waals surface area contributed by atoms with Crippen molar-refractivity contribution in [2.24, 2.45) is 0 Å². The molecule has 9 nitrogen and oxygen atoms in total. The molecule has 4 aromatic rings. The lowest BCUT2D eigenvalue weighted by Crippen LogP contribution is -2.38. The van der Waals surface area contributed by atoms with Gasteiger partial charge in [-0.2, -0.15) is 23.3 Å². The average molecular weight is 473 g/mol. The van der Waals surface area contributed by atoms with Crippen LogP contribution in [0.15, 0.2) is 36.9 Å². The van der Waals surface area contributed by atoms with Crippen LogP contribution in [0.1, 0.15) is 30.1 Å². The lowest BCUT2D eigenvalue weighted by atomic mass is 10.1. The molecule has 5 rings (SSSR count). The van der Waals surface area contributed by atoms with Crippen LogP contribution in [0.4, 0.5) is 19.1 Å². The molecule has 1 atom stereocenters. The molecule has 5 heterocycles. The van der Waals surface area contributed by atoms with Crippen molar-refractivity contribution in [3.8, 4) is 11.1 Å². The Hall–Kier alpha value is -3.67. The van der Waals surface area contributed by atoms with Crippen LogP contribution in [-0.2, 0) is 4.74 Å². The number of H-pyrrole nitrogens is 1. The molecule has 1 aliphatic rings. The van der Waals surface area contributed by atoms with Gasteiger partial charge >= 0.3 is 6.18 Å². The van der Waals surface area contributed by atoms with Crippen LogP contribution in [0.25, 0.3) is 27.7 Å². The van der Waals surface area contributed by atoms with Crippen molar-refractivity contribution in [1.82, 2.24) is 29.9 Å². The maximum Gasteiger partial charge on any atom is 0.408 e. The molecule has 178 valence electrons. The van der Waals surface area contributed by atoms with Crippen molar-refractivity contribution in [3.63, 3.8) is 0 Å². The zero-order valence-corrected chi connectivity index (χ0v) is 18.2. The SMILES string of the molecule is CC(Nc1ncc2c(-c3ccn4ncc(C(=O)NC5CCOCC5)c4c3)c[nH]c2n1)C(F)(F)F. The monoisotopic (exact) mass is 473 g/mol. The van der Waals surface area contributed by atoms with Gasteiger partial charge in [0.1, 0.15) is 11.7 Å². The van der Waals surface area contributed by atoms with Crippen molar-refractivity contribution in [2.75, 3.05) is 18.5 Å². The van der Waals surface area contributed by atoms with Crippen LogP contribution in [0.5, 0.6) is 0 Å². The highest BCUT2D eigenvalue weighted by Crippen LogP contribution is 2.30. The number of carbonyl (C=O) groups excluding carboxylic acids is 1. The van der Waals surface area contributed by atoms with Crippen molar-refractivity contribution in [1.29, 1.82) is 0 Å². The number of aromatic nitrogens is 5. The molecule has 1 unspecified atom stereocenters. The third-order valence-electron chi connectivity index (χ3n) is 5.90. The molecule has 0 saturated carbocycles. The van der Waals surface area contributed by atoms with Gasteiger partial charge in [-0.1, -0.05) is 0 Å². The maximum atomic E-state index is 12.9. The Bertz CT molecular complexity index is 1340. The second-order valence-corrected chi connectivity index (χ2v) is 8.23. The predicted molar refractivity (Wildman–Crippen MR) is 119 cm³/mol. The fourth-order valence-corrected chi connectivity index (χ4v) is 3.92. The summed E-state index contributed by atoms with van der Waals surface area (Å²) in [6.07, 6.45) is 3.59. The number of carbonyl (C=O) groups is 1. The number of amides is 1. The van der Waals surface area contributed by atoms with Gasteiger partial charge in [-0.25, -0.2) is 9.50 Å². The Morgan fingerprint density at radius 1 is 1.29 bits per heavy atom. The molecule has 0 spiro atoms. The molecule has 4 aromatic heterocycles. The normalized spacial score (nSPS) is 16.1. The van der Waals surface area contributed by atoms with Gasteiger partial charge in [0, 0.05) is 48.8 Å². The standard InChI is InChI=1S/C22H22F3N7O2/c1-12(22(23,24)25)29-21-27-10-16-15(9-26-19(16)31-21)13-2-5-32-18(8-13)17(11-28-32)20(33)30-14-3-6-34-7-4-14/h2,5,8-12,14H,3-4,6-7H2,1H3,(H,30,33)(H2,26,27,29,31). The topological polar surface area (TPSA) is 109 Å². The summed E-state index contributed by atoms with van der Waals surface area (Å²) in [7, 11) is 0. The van der Waals surface area contributed by atoms with E-state index < -0.39 is 12.2 Å². The second kappa shape index (κ2) is 8.60. The summed E-state index contributed by atoms with van der Waals surface area (Å²) in [6, 6.07) is 1.95. The molecule has 12 heteroatoms. The van der Waals surface area contributed by atoms with Crippen LogP contribution in [0.2, 0.25) is 0 Å². The first-order chi connectivity index (χ1) is 16.3. The predicted octanol–water partition coefficient (Wildman–Crippen LogP) is 3.54. The van der Waals surface area contributed by atoms with Gasteiger partial charge < -0.3 is 20.4 Å². The van der Waals surface area contributed by atoms with E-state index in [1.165, 1.54) is 12.4 Å². The summed E-state index contributed by atoms with van der Waals surface area (Å²) >= 11 is 0. The summed E-state index contributed by atoms with van der Waals surface area (Å²) in [5.74, 6) is -0.320. The largest absolute Gasteiger partial charge is 0.408 e. The van der Waals surface area contributed by atoms with Crippen LogP contribution in [-0.4, -0.2) is 61.9 Å². The maximum absolute atomic E-state index is 12.9. The third kappa shape index (κ3) is 4.28. The van der Waals surface area contributed by atoms with E-state index in [0.29, 0.717) is 35.3 Å². The highest BCUT2D eigenvalue weighted by molar-refractivity contribution is 6.02. The van der Waals surface area contributed by atoms with Crippen LogP contribution < -0.4 is 10.6 Å². The Labute approximate surface area is 191 Å². The van der Waals surface area contributed by atoms with Crippen LogP contribution in [0, 0.1) is 0 Å². The number of anilines is 1. The minimum atomic E-state index is -4.41. The lowest BCUT2D eigenvalue weighted by molar-refractivity contribution is -0.138. The van der Waals surface area contributed by atoms with Crippen LogP contribution >= 0.6 is 0 Å². The molecule has 1 fully saturated rings. The van der Waals surface area contributed by atoms with E-state index in [4.69, 9.17) is 4.74 Å². The molecule has 1 aliphatic heterocycles. The van der Waals surface area contributed by atoms with E-state index in [1.807, 2.05) is 12.1 Å². The molecule has 0 aromatic carbocycles. The van der Waals surface area contributed by atoms with E-state index in [1.54, 1.807) is 16.9 Å². The number of nitrogens with zero attached hydrogens (tertiary/aromatic N) is 4. The Balaban J connectivity index is 1.43. The minimum absolute atomic E-state index is 0.0630. The average Bonchev–Trinajstić information content (AvgIpc) is 3.42. The number of hydrogen-bond acceptors (Lipinski definition) is 6. The molecular formula is C22H22F3N7O2. The minimum Gasteiger partial charge on any atom is -0.381 e. The molecular weight excluding hydrogens is 451 g/mol. The summed E-state index contributed by atoms with van der Waals surface area (Å²) in [5.41, 5.74) is 3.02. The lowest BCUT2D eigenvalue weighted by Gasteiger charge is -2.22. The van der Waals surface area contributed by atoms with Gasteiger partial charge in [0.05, 0.1) is 17.3 Å². The van der Waals surface area contributed by atoms with Crippen molar-refractivity contribution < 1.29 is 22.7 Å². The van der Waals surface area contributed by atoms with Crippen molar-refractivity contribution in [3.05, 3.63) is 42.5 Å². The number of rotatable bonds is 5. The van der Waals surface area contributed by atoms with Gasteiger partial charge in [-0.15, -0.1) is 0 Å². The molecule has 0 aliphatic carbocycles. The third-order valence-corrected chi connectivity index (χ3v) is 5.90. The first-order valence-corrected chi connectivity index (χ1v) is 10.8. The van der Waals surface area contributed by atoms with Crippen molar-refractivity contribution >= 4 is 28.4 Å². The van der Waals surface area contributed by atoms with Gasteiger partial charge in [0.2, 0.25) is 5.95 Å². The smallest absolute Gasteiger partial charge is 0.381 e. The van der Waals surface area contributed by atoms with E-state index in [9.17, 15) is 18.0 Å². The number of pyridine rings is 1. The molecule has 1 amide bonds. The van der Waals surface area contributed by atoms with E-state index >= 15 is 0 Å². The number of nitrogens with one attached hydrogen (secondary N) is 3. The first-order valence-electron chi connectivity index (χ1n) is 10.8. The Morgan fingerprint density at radius 2 is 2.09 bits per heavy atom. The number of alkyl halides is 3. The van der Waals surface area contributed by atoms with Crippen LogP contribution in [0.3, 0.4) is 0 Å². The van der Waals surface area contributed by atoms with Gasteiger partial charge in [0.15, 0.2) is 0 Å². The number of fused-ring (bicyclic) bond motifs is 2. The summed E-state index contributed by atoms with van der Waals surface area (Å²) in [6.45, 7) is 2.25. The number of halogens is 3. The zero-order chi connectivity index (χ0) is 23.9. The molecule has 0 bridgehead atoms. The molecule has 0 radical (unpaired) electrons. The first kappa shape index (κ1) is 22.1. The Morgan fingerprint density at radius 3 is 2.85 bits per heavy atom. The highest BCUT2D eigenvalue weighted by Gasteiger charge is 2.36.